The number of nitrogens with one attached hydrogen (secondary N) is 2. The van der Waals surface area contributed by atoms with Crippen LogP contribution in [0.25, 0.3) is 0 Å². The first-order valence-corrected chi connectivity index (χ1v) is 24.3. The van der Waals surface area contributed by atoms with Crippen molar-refractivity contribution in [2.75, 3.05) is 61.2 Å². The minimum atomic E-state index is -2.10. The Morgan fingerprint density at radius 1 is 0.792 bits per heavy atom. The topological polar surface area (TPSA) is 170 Å². The normalized spacial score (nSPS) is 22.8. The number of cyclic esters (lactones) is 1. The van der Waals surface area contributed by atoms with Crippen molar-refractivity contribution in [2.45, 2.75) is 49.0 Å². The summed E-state index contributed by atoms with van der Waals surface area (Å²) in [5, 5.41) is 26.1. The van der Waals surface area contributed by atoms with E-state index in [-0.39, 0.29) is 37.5 Å². The number of hydrogen-bond acceptors (Lipinski definition) is 11. The summed E-state index contributed by atoms with van der Waals surface area (Å²) in [7, 11) is 0. The molecule has 4 heterocycles. The summed E-state index contributed by atoms with van der Waals surface area (Å²) < 4.78 is 18.6. The van der Waals surface area contributed by atoms with Crippen molar-refractivity contribution in [3.8, 4) is 17.6 Å². The molecule has 0 bridgehead atoms. The summed E-state index contributed by atoms with van der Waals surface area (Å²) in [4.78, 5) is 68.9. The van der Waals surface area contributed by atoms with Gasteiger partial charge in [-0.25, -0.2) is 9.69 Å². The Bertz CT molecular complexity index is 3000. The number of morpholine rings is 2. The number of aliphatic hydroxyl groups excluding tert-OH is 2. The van der Waals surface area contributed by atoms with Crippen LogP contribution < -0.4 is 25.2 Å². The number of urea groups is 1. The summed E-state index contributed by atoms with van der Waals surface area (Å²) in [6.07, 6.45) is -0.781. The Morgan fingerprint density at radius 2 is 1.46 bits per heavy atom. The number of hydrogen-bond donors (Lipinski definition) is 4. The van der Waals surface area contributed by atoms with Gasteiger partial charge in [-0.15, -0.1) is 0 Å². The van der Waals surface area contributed by atoms with Gasteiger partial charge in [0.1, 0.15) is 29.9 Å². The van der Waals surface area contributed by atoms with Crippen LogP contribution in [0.15, 0.2) is 158 Å². The lowest BCUT2D eigenvalue weighted by atomic mass is 9.65. The molecule has 366 valence electrons. The lowest BCUT2D eigenvalue weighted by molar-refractivity contribution is -0.177. The van der Waals surface area contributed by atoms with Crippen LogP contribution in [0.4, 0.5) is 21.9 Å². The van der Waals surface area contributed by atoms with Gasteiger partial charge in [0, 0.05) is 42.0 Å². The van der Waals surface area contributed by atoms with E-state index in [4.69, 9.17) is 14.2 Å². The molecular weight excluding hydrogens is 911 g/mol. The molecule has 4 N–H and O–H groups in total. The first-order valence-electron chi connectivity index (χ1n) is 24.3. The second kappa shape index (κ2) is 20.9. The summed E-state index contributed by atoms with van der Waals surface area (Å²) >= 11 is 0. The molecule has 6 aromatic carbocycles. The minimum Gasteiger partial charge on any atom is -0.491 e. The summed E-state index contributed by atoms with van der Waals surface area (Å²) in [6, 6.07) is 43.0. The second-order valence-corrected chi connectivity index (χ2v) is 18.2. The Labute approximate surface area is 418 Å². The SMILES string of the molecule is C[C@@H](NC(=O)N1C(=O)[C@@]2(c3cc(C#CCCO)ccc31)[C@H](C(=O)Nc1ccc(N3CCOCC3)cc1)[C@H]1C(=O)O[C@H](c3ccccc3)[C@H](c3ccccc3)N1[C@@H]2c1ccccc1OCCO)c1ccccc1. The monoisotopic (exact) mass is 965 g/mol. The zero-order valence-corrected chi connectivity index (χ0v) is 39.7. The fourth-order valence-electron chi connectivity index (χ4n) is 11.0. The van der Waals surface area contributed by atoms with Crippen molar-refractivity contribution < 1.29 is 43.6 Å². The van der Waals surface area contributed by atoms with Crippen LogP contribution in [0.2, 0.25) is 0 Å². The molecule has 4 amide bonds. The van der Waals surface area contributed by atoms with E-state index in [1.807, 2.05) is 115 Å². The molecule has 4 aliphatic rings. The average molecular weight is 966 g/mol. The maximum atomic E-state index is 16.8. The second-order valence-electron chi connectivity index (χ2n) is 18.2. The van der Waals surface area contributed by atoms with Gasteiger partial charge in [0.25, 0.3) is 0 Å². The number of anilines is 3. The highest BCUT2D eigenvalue weighted by atomic mass is 16.6. The van der Waals surface area contributed by atoms with Gasteiger partial charge in [0.15, 0.2) is 0 Å². The van der Waals surface area contributed by atoms with E-state index < -0.39 is 65.4 Å². The quantitative estimate of drug-likeness (QED) is 0.0712. The van der Waals surface area contributed by atoms with Crippen molar-refractivity contribution in [1.82, 2.24) is 10.2 Å². The van der Waals surface area contributed by atoms with Gasteiger partial charge in [-0.3, -0.25) is 19.3 Å². The maximum Gasteiger partial charge on any atom is 0.329 e. The van der Waals surface area contributed by atoms with E-state index in [1.165, 1.54) is 0 Å². The van der Waals surface area contributed by atoms with Crippen molar-refractivity contribution in [1.29, 1.82) is 0 Å². The number of benzene rings is 6. The Hall–Kier alpha value is -7.80. The molecule has 0 unspecified atom stereocenters. The Balaban J connectivity index is 1.24. The van der Waals surface area contributed by atoms with E-state index >= 15 is 19.2 Å². The van der Waals surface area contributed by atoms with Crippen LogP contribution in [-0.2, 0) is 29.3 Å². The number of amides is 4. The summed E-state index contributed by atoms with van der Waals surface area (Å²) in [5.74, 6) is 2.66. The molecule has 10 rings (SSSR count). The molecule has 1 spiro atoms. The van der Waals surface area contributed by atoms with Crippen LogP contribution in [0.1, 0.15) is 71.0 Å². The Kier molecular flexibility index (Phi) is 13.9. The third-order valence-corrected chi connectivity index (χ3v) is 14.1. The van der Waals surface area contributed by atoms with E-state index in [9.17, 15) is 10.2 Å². The predicted octanol–water partition coefficient (Wildman–Crippen LogP) is 7.40. The van der Waals surface area contributed by atoms with Crippen LogP contribution >= 0.6 is 0 Å². The van der Waals surface area contributed by atoms with E-state index in [1.54, 1.807) is 54.6 Å². The first-order chi connectivity index (χ1) is 35.2. The van der Waals surface area contributed by atoms with Gasteiger partial charge >= 0.3 is 12.0 Å². The van der Waals surface area contributed by atoms with Gasteiger partial charge in [-0.2, -0.15) is 0 Å². The standard InChI is InChI=1S/C58H55N5O9/c1-38(40-16-5-2-6-17-40)59-57(69)62-47-29-24-39(15-13-14-32-64)37-46(47)58(56(62)68)49(54(66)60-43-25-27-44(28-26-43)61-30-34-70-35-31-61)51-55(67)72-52(42-20-9-4-10-21-42)50(41-18-7-3-8-19-41)63(51)53(58)45-22-11-12-23-48(45)71-36-33-65/h2-12,16-29,37-38,49-53,64-65H,14,30-36H2,1H3,(H,59,69)(H,60,66)/t38-,49+,50+,51+,52-,53-,58+/m1/s1. The Morgan fingerprint density at radius 3 is 2.15 bits per heavy atom. The molecule has 3 saturated heterocycles. The molecule has 0 radical (unpaired) electrons. The van der Waals surface area contributed by atoms with Crippen molar-refractivity contribution in [3.05, 3.63) is 191 Å². The van der Waals surface area contributed by atoms with E-state index in [2.05, 4.69) is 27.4 Å². The fraction of sp³-hybridized carbons (Fsp3) is 0.276. The predicted molar refractivity (Wildman–Crippen MR) is 271 cm³/mol. The van der Waals surface area contributed by atoms with Crippen LogP contribution in [-0.4, -0.2) is 91.1 Å². The zero-order valence-electron chi connectivity index (χ0n) is 39.7. The smallest absolute Gasteiger partial charge is 0.329 e. The number of imide groups is 1. The average Bonchev–Trinajstić information content (AvgIpc) is 3.88. The molecule has 0 aliphatic carbocycles. The van der Waals surface area contributed by atoms with Gasteiger partial charge < -0.3 is 40.0 Å². The number of ether oxygens (including phenoxy) is 3. The molecular formula is C58H55N5O9. The van der Waals surface area contributed by atoms with Crippen LogP contribution in [0, 0.1) is 17.8 Å². The molecule has 72 heavy (non-hydrogen) atoms. The lowest BCUT2D eigenvalue weighted by Crippen LogP contribution is -2.55. The first kappa shape index (κ1) is 47.9. The number of fused-ring (bicyclic) bond motifs is 3. The molecule has 4 aliphatic heterocycles. The van der Waals surface area contributed by atoms with Gasteiger partial charge in [0.2, 0.25) is 11.8 Å². The molecule has 14 heteroatoms. The number of aliphatic hydroxyl groups is 2. The third kappa shape index (κ3) is 8.75. The maximum absolute atomic E-state index is 16.8. The van der Waals surface area contributed by atoms with Gasteiger partial charge in [-0.05, 0) is 77.7 Å². The van der Waals surface area contributed by atoms with Crippen LogP contribution in [0.5, 0.6) is 5.75 Å². The number of para-hydroxylation sites is 1. The molecule has 0 aromatic heterocycles. The number of carbonyl (C=O) groups excluding carboxylic acids is 4. The molecule has 6 aromatic rings. The molecule has 0 saturated carbocycles. The molecule has 14 nitrogen and oxygen atoms in total. The largest absolute Gasteiger partial charge is 0.491 e. The van der Waals surface area contributed by atoms with Crippen molar-refractivity contribution in [2.24, 2.45) is 5.92 Å². The highest BCUT2D eigenvalue weighted by molar-refractivity contribution is 6.25. The van der Waals surface area contributed by atoms with Gasteiger partial charge in [-0.1, -0.05) is 121 Å². The fourth-order valence-corrected chi connectivity index (χ4v) is 11.0. The number of esters is 1. The number of nitrogens with zero attached hydrogens (tertiary/aromatic N) is 3. The highest BCUT2D eigenvalue weighted by Crippen LogP contribution is 2.66. The zero-order chi connectivity index (χ0) is 49.8. The van der Waals surface area contributed by atoms with Gasteiger partial charge in [0.05, 0.1) is 56.2 Å². The summed E-state index contributed by atoms with van der Waals surface area (Å²) in [5.41, 5.74) is 2.82. The lowest BCUT2D eigenvalue weighted by Gasteiger charge is -2.46. The molecule has 3 fully saturated rings. The van der Waals surface area contributed by atoms with Crippen molar-refractivity contribution >= 4 is 40.9 Å². The van der Waals surface area contributed by atoms with E-state index in [0.717, 1.165) is 21.7 Å². The van der Waals surface area contributed by atoms with Crippen molar-refractivity contribution in [3.63, 3.8) is 0 Å². The highest BCUT2D eigenvalue weighted by Gasteiger charge is 2.76. The van der Waals surface area contributed by atoms with Crippen LogP contribution in [0.3, 0.4) is 0 Å². The minimum absolute atomic E-state index is 0.109. The number of carbonyl (C=O) groups is 4. The molecule has 7 atom stereocenters. The third-order valence-electron chi connectivity index (χ3n) is 14.1. The summed E-state index contributed by atoms with van der Waals surface area (Å²) in [6.45, 7) is 3.79. The number of rotatable bonds is 12. The van der Waals surface area contributed by atoms with E-state index in [0.29, 0.717) is 54.4 Å².